The lowest BCUT2D eigenvalue weighted by Crippen LogP contribution is -2.27. The third-order valence-corrected chi connectivity index (χ3v) is 2.08. The lowest BCUT2D eigenvalue weighted by atomic mass is 10.1. The fraction of sp³-hybridized carbons (Fsp3) is 0.273. The number of rotatable bonds is 4. The molecule has 1 rings (SSSR count). The Morgan fingerprint density at radius 2 is 2.00 bits per heavy atom. The van der Waals surface area contributed by atoms with Gasteiger partial charge in [0.15, 0.2) is 0 Å². The number of para-hydroxylation sites is 1. The predicted molar refractivity (Wildman–Crippen MR) is 58.5 cm³/mol. The van der Waals surface area contributed by atoms with Gasteiger partial charge >= 0.3 is 11.9 Å². The van der Waals surface area contributed by atoms with Crippen LogP contribution < -0.4 is 5.32 Å². The zero-order valence-electron chi connectivity index (χ0n) is 9.06. The van der Waals surface area contributed by atoms with E-state index >= 15 is 0 Å². The Kier molecular flexibility index (Phi) is 3.88. The molecule has 0 heterocycles. The summed E-state index contributed by atoms with van der Waals surface area (Å²) in [6.45, 7) is 1.60. The number of ether oxygens (including phenoxy) is 1. The summed E-state index contributed by atoms with van der Waals surface area (Å²) in [5, 5.41) is 11.7. The number of carbonyl (C=O) groups is 2. The molecule has 0 aliphatic carbocycles. The maximum atomic E-state index is 11.2. The van der Waals surface area contributed by atoms with Gasteiger partial charge in [-0.3, -0.25) is 0 Å². The van der Waals surface area contributed by atoms with E-state index in [1.165, 1.54) is 13.2 Å². The molecule has 0 fully saturated rings. The van der Waals surface area contributed by atoms with E-state index in [4.69, 9.17) is 5.11 Å². The SMILES string of the molecule is COC(=O)[C@H](C)Nc1ccccc1C(=O)O. The van der Waals surface area contributed by atoms with Crippen LogP contribution in [-0.4, -0.2) is 30.2 Å². The molecule has 0 radical (unpaired) electrons. The lowest BCUT2D eigenvalue weighted by Gasteiger charge is -2.14. The summed E-state index contributed by atoms with van der Waals surface area (Å²) in [6.07, 6.45) is 0. The average Bonchev–Trinajstić information content (AvgIpc) is 2.28. The van der Waals surface area contributed by atoms with E-state index < -0.39 is 18.0 Å². The van der Waals surface area contributed by atoms with Crippen molar-refractivity contribution in [3.8, 4) is 0 Å². The van der Waals surface area contributed by atoms with Gasteiger partial charge in [-0.25, -0.2) is 9.59 Å². The molecule has 1 atom stereocenters. The third kappa shape index (κ3) is 2.73. The van der Waals surface area contributed by atoms with Crippen molar-refractivity contribution in [2.75, 3.05) is 12.4 Å². The largest absolute Gasteiger partial charge is 0.478 e. The molecule has 5 heteroatoms. The molecule has 0 saturated heterocycles. The number of nitrogens with one attached hydrogen (secondary N) is 1. The second kappa shape index (κ2) is 5.16. The highest BCUT2D eigenvalue weighted by atomic mass is 16.5. The number of esters is 1. The molecule has 86 valence electrons. The van der Waals surface area contributed by atoms with Gasteiger partial charge in [0.2, 0.25) is 0 Å². The van der Waals surface area contributed by atoms with Crippen molar-refractivity contribution >= 4 is 17.6 Å². The normalized spacial score (nSPS) is 11.6. The van der Waals surface area contributed by atoms with E-state index in [1.807, 2.05) is 0 Å². The van der Waals surface area contributed by atoms with Crippen LogP contribution in [0.25, 0.3) is 0 Å². The van der Waals surface area contributed by atoms with E-state index in [0.717, 1.165) is 0 Å². The van der Waals surface area contributed by atoms with E-state index in [1.54, 1.807) is 25.1 Å². The fourth-order valence-electron chi connectivity index (χ4n) is 1.26. The van der Waals surface area contributed by atoms with E-state index in [9.17, 15) is 9.59 Å². The van der Waals surface area contributed by atoms with Crippen LogP contribution in [0.4, 0.5) is 5.69 Å². The molecule has 0 aliphatic heterocycles. The standard InChI is InChI=1S/C11H13NO4/c1-7(11(15)16-2)12-9-6-4-3-5-8(9)10(13)14/h3-7,12H,1-2H3,(H,13,14)/t7-/m0/s1. The first-order valence-corrected chi connectivity index (χ1v) is 4.73. The second-order valence-corrected chi connectivity index (χ2v) is 3.24. The van der Waals surface area contributed by atoms with Gasteiger partial charge in [0, 0.05) is 5.69 Å². The van der Waals surface area contributed by atoms with Crippen LogP contribution in [-0.2, 0) is 9.53 Å². The van der Waals surface area contributed by atoms with Crippen molar-refractivity contribution in [3.63, 3.8) is 0 Å². The fourth-order valence-corrected chi connectivity index (χ4v) is 1.26. The summed E-state index contributed by atoms with van der Waals surface area (Å²) in [7, 11) is 1.28. The monoisotopic (exact) mass is 223 g/mol. The lowest BCUT2D eigenvalue weighted by molar-refractivity contribution is -0.141. The maximum absolute atomic E-state index is 11.2. The quantitative estimate of drug-likeness (QED) is 0.754. The summed E-state index contributed by atoms with van der Waals surface area (Å²) in [5.74, 6) is -1.49. The van der Waals surface area contributed by atoms with Crippen LogP contribution in [0.1, 0.15) is 17.3 Å². The van der Waals surface area contributed by atoms with Gasteiger partial charge in [-0.1, -0.05) is 12.1 Å². The van der Waals surface area contributed by atoms with Crippen LogP contribution in [0.2, 0.25) is 0 Å². The number of carboxylic acid groups (broad SMARTS) is 1. The summed E-state index contributed by atoms with van der Waals surface area (Å²) in [4.78, 5) is 22.1. The molecule has 0 aliphatic rings. The van der Waals surface area contributed by atoms with E-state index in [-0.39, 0.29) is 5.56 Å². The van der Waals surface area contributed by atoms with Crippen LogP contribution in [0.15, 0.2) is 24.3 Å². The first-order chi connectivity index (χ1) is 7.56. The van der Waals surface area contributed by atoms with Gasteiger partial charge in [0.1, 0.15) is 6.04 Å². The predicted octanol–water partition coefficient (Wildman–Crippen LogP) is 1.36. The molecule has 2 N–H and O–H groups in total. The molecular weight excluding hydrogens is 210 g/mol. The van der Waals surface area contributed by atoms with Gasteiger partial charge in [0.05, 0.1) is 12.7 Å². The van der Waals surface area contributed by atoms with Gasteiger partial charge in [0.25, 0.3) is 0 Å². The van der Waals surface area contributed by atoms with Crippen LogP contribution in [0.5, 0.6) is 0 Å². The summed E-state index contributed by atoms with van der Waals surface area (Å²) >= 11 is 0. The molecule has 0 aromatic heterocycles. The molecule has 0 saturated carbocycles. The number of benzene rings is 1. The molecule has 1 aromatic rings. The highest BCUT2D eigenvalue weighted by Crippen LogP contribution is 2.16. The molecule has 0 spiro atoms. The van der Waals surface area contributed by atoms with Crippen LogP contribution >= 0.6 is 0 Å². The topological polar surface area (TPSA) is 75.6 Å². The average molecular weight is 223 g/mol. The van der Waals surface area contributed by atoms with Crippen LogP contribution in [0.3, 0.4) is 0 Å². The minimum absolute atomic E-state index is 0.123. The van der Waals surface area contributed by atoms with Crippen molar-refractivity contribution in [2.24, 2.45) is 0 Å². The zero-order chi connectivity index (χ0) is 12.1. The van der Waals surface area contributed by atoms with Crippen molar-refractivity contribution in [1.29, 1.82) is 0 Å². The maximum Gasteiger partial charge on any atom is 0.337 e. The smallest absolute Gasteiger partial charge is 0.337 e. The number of aromatic carboxylic acids is 1. The minimum Gasteiger partial charge on any atom is -0.478 e. The first kappa shape index (κ1) is 12.0. The minimum atomic E-state index is -1.04. The molecule has 0 bridgehead atoms. The Bertz CT molecular complexity index is 403. The van der Waals surface area contributed by atoms with Gasteiger partial charge in [-0.2, -0.15) is 0 Å². The molecule has 0 unspecified atom stereocenters. The first-order valence-electron chi connectivity index (χ1n) is 4.73. The van der Waals surface area contributed by atoms with Gasteiger partial charge in [-0.15, -0.1) is 0 Å². The van der Waals surface area contributed by atoms with Gasteiger partial charge < -0.3 is 15.2 Å². The molecule has 1 aromatic carbocycles. The highest BCUT2D eigenvalue weighted by Gasteiger charge is 2.16. The summed E-state index contributed by atoms with van der Waals surface area (Å²) in [6, 6.07) is 5.79. The number of anilines is 1. The Morgan fingerprint density at radius 3 is 2.56 bits per heavy atom. The van der Waals surface area contributed by atoms with Crippen molar-refractivity contribution in [2.45, 2.75) is 13.0 Å². The van der Waals surface area contributed by atoms with Crippen LogP contribution in [0, 0.1) is 0 Å². The third-order valence-electron chi connectivity index (χ3n) is 2.08. The number of carboxylic acids is 1. The molecule has 0 amide bonds. The number of hydrogen-bond donors (Lipinski definition) is 2. The van der Waals surface area contributed by atoms with Crippen molar-refractivity contribution in [3.05, 3.63) is 29.8 Å². The Morgan fingerprint density at radius 1 is 1.38 bits per heavy atom. The second-order valence-electron chi connectivity index (χ2n) is 3.24. The summed E-state index contributed by atoms with van der Waals surface area (Å²) in [5.41, 5.74) is 0.520. The molecule has 16 heavy (non-hydrogen) atoms. The Hall–Kier alpha value is -2.04. The van der Waals surface area contributed by atoms with Crippen molar-refractivity contribution in [1.82, 2.24) is 0 Å². The van der Waals surface area contributed by atoms with Gasteiger partial charge in [-0.05, 0) is 19.1 Å². The van der Waals surface area contributed by atoms with Crippen molar-refractivity contribution < 1.29 is 19.4 Å². The molecule has 5 nitrogen and oxygen atoms in total. The Balaban J connectivity index is 2.88. The number of methoxy groups -OCH3 is 1. The zero-order valence-corrected chi connectivity index (χ0v) is 9.06. The number of hydrogen-bond acceptors (Lipinski definition) is 4. The Labute approximate surface area is 93.0 Å². The number of carbonyl (C=O) groups excluding carboxylic acids is 1. The highest BCUT2D eigenvalue weighted by molar-refractivity contribution is 5.95. The van der Waals surface area contributed by atoms with E-state index in [2.05, 4.69) is 10.1 Å². The molecular formula is C11H13NO4. The summed E-state index contributed by atoms with van der Waals surface area (Å²) < 4.78 is 4.54. The van der Waals surface area contributed by atoms with E-state index in [0.29, 0.717) is 5.69 Å².